The zero-order chi connectivity index (χ0) is 15.4. The number of carbonyl (C=O) groups excluding carboxylic acids is 1. The number of likely N-dealkylation sites (tertiary alicyclic amines) is 1. The van der Waals surface area contributed by atoms with Gasteiger partial charge in [0.25, 0.3) is 5.91 Å². The van der Waals surface area contributed by atoms with Crippen LogP contribution in [0.15, 0.2) is 18.2 Å². The second-order valence-corrected chi connectivity index (χ2v) is 4.94. The minimum Gasteiger partial charge on any atom is -0.490 e. The summed E-state index contributed by atoms with van der Waals surface area (Å²) < 4.78 is 19.0. The Balaban J connectivity index is 2.27. The Hall–Kier alpha value is -2.11. The zero-order valence-corrected chi connectivity index (χ0v) is 11.8. The molecule has 0 radical (unpaired) electrons. The number of amides is 1. The first-order valence-electron chi connectivity index (χ1n) is 6.98. The lowest BCUT2D eigenvalue weighted by Gasteiger charge is -2.24. The van der Waals surface area contributed by atoms with E-state index in [1.165, 1.54) is 23.1 Å². The van der Waals surface area contributed by atoms with Gasteiger partial charge in [-0.1, -0.05) is 6.07 Å². The number of hydrogen-bond acceptors (Lipinski definition) is 3. The van der Waals surface area contributed by atoms with Crippen LogP contribution < -0.4 is 4.74 Å². The fourth-order valence-electron chi connectivity index (χ4n) is 2.64. The van der Waals surface area contributed by atoms with Gasteiger partial charge in [0.1, 0.15) is 0 Å². The van der Waals surface area contributed by atoms with Crippen LogP contribution in [0.4, 0.5) is 4.39 Å². The largest absolute Gasteiger partial charge is 0.490 e. The summed E-state index contributed by atoms with van der Waals surface area (Å²) in [5.41, 5.74) is 0.147. The molecule has 0 aromatic heterocycles. The molecular formula is C15H18FNO4. The van der Waals surface area contributed by atoms with Crippen molar-refractivity contribution in [2.24, 2.45) is 0 Å². The quantitative estimate of drug-likeness (QED) is 0.905. The van der Waals surface area contributed by atoms with Crippen molar-refractivity contribution in [1.82, 2.24) is 4.90 Å². The molecule has 1 heterocycles. The zero-order valence-electron chi connectivity index (χ0n) is 11.8. The van der Waals surface area contributed by atoms with Crippen molar-refractivity contribution in [3.8, 4) is 5.75 Å². The molecule has 1 amide bonds. The van der Waals surface area contributed by atoms with E-state index in [1.807, 2.05) is 0 Å². The molecule has 1 atom stereocenters. The smallest absolute Gasteiger partial charge is 0.305 e. The van der Waals surface area contributed by atoms with Crippen LogP contribution in [0.3, 0.4) is 0 Å². The number of nitrogens with zero attached hydrogens (tertiary/aromatic N) is 1. The topological polar surface area (TPSA) is 66.8 Å². The van der Waals surface area contributed by atoms with Crippen molar-refractivity contribution in [3.63, 3.8) is 0 Å². The number of carbonyl (C=O) groups is 2. The van der Waals surface area contributed by atoms with Gasteiger partial charge in [-0.25, -0.2) is 4.39 Å². The fraction of sp³-hybridized carbons (Fsp3) is 0.467. The van der Waals surface area contributed by atoms with Crippen LogP contribution in [0.5, 0.6) is 5.75 Å². The number of carboxylic acids is 1. The Bertz CT molecular complexity index is 546. The number of aliphatic carboxylic acids is 1. The van der Waals surface area contributed by atoms with E-state index in [0.717, 1.165) is 6.42 Å². The van der Waals surface area contributed by atoms with Gasteiger partial charge in [0.05, 0.1) is 18.6 Å². The molecule has 1 saturated heterocycles. The van der Waals surface area contributed by atoms with Gasteiger partial charge in [-0.3, -0.25) is 9.59 Å². The number of carboxylic acid groups (broad SMARTS) is 1. The monoisotopic (exact) mass is 295 g/mol. The summed E-state index contributed by atoms with van der Waals surface area (Å²) >= 11 is 0. The third kappa shape index (κ3) is 3.32. The first kappa shape index (κ1) is 15.3. The summed E-state index contributed by atoms with van der Waals surface area (Å²) in [5, 5.41) is 8.90. The highest BCUT2D eigenvalue weighted by atomic mass is 19.1. The maximum Gasteiger partial charge on any atom is 0.305 e. The van der Waals surface area contributed by atoms with Gasteiger partial charge < -0.3 is 14.7 Å². The summed E-state index contributed by atoms with van der Waals surface area (Å²) in [6, 6.07) is 3.85. The molecule has 5 nitrogen and oxygen atoms in total. The van der Waals surface area contributed by atoms with E-state index >= 15 is 0 Å². The minimum absolute atomic E-state index is 0.0639. The lowest BCUT2D eigenvalue weighted by Crippen LogP contribution is -2.37. The van der Waals surface area contributed by atoms with Crippen molar-refractivity contribution in [2.75, 3.05) is 13.2 Å². The van der Waals surface area contributed by atoms with Crippen molar-refractivity contribution < 1.29 is 23.8 Å². The molecule has 1 aliphatic heterocycles. The molecule has 1 fully saturated rings. The molecule has 0 saturated carbocycles. The first-order valence-corrected chi connectivity index (χ1v) is 6.98. The van der Waals surface area contributed by atoms with Gasteiger partial charge in [0.2, 0.25) is 0 Å². The predicted molar refractivity (Wildman–Crippen MR) is 73.9 cm³/mol. The summed E-state index contributed by atoms with van der Waals surface area (Å²) in [7, 11) is 0. The molecule has 2 rings (SSSR count). The molecular weight excluding hydrogens is 277 g/mol. The number of rotatable bonds is 5. The molecule has 114 valence electrons. The second kappa shape index (κ2) is 6.56. The Morgan fingerprint density at radius 3 is 2.90 bits per heavy atom. The molecule has 0 spiro atoms. The molecule has 6 heteroatoms. The summed E-state index contributed by atoms with van der Waals surface area (Å²) in [6.07, 6.45) is 1.31. The van der Waals surface area contributed by atoms with Crippen LogP contribution >= 0.6 is 0 Å². The van der Waals surface area contributed by atoms with Gasteiger partial charge in [-0.15, -0.1) is 0 Å². The van der Waals surface area contributed by atoms with E-state index in [0.29, 0.717) is 13.0 Å². The number of ether oxygens (including phenoxy) is 1. The molecule has 1 N–H and O–H groups in total. The number of para-hydroxylation sites is 1. The Labute approximate surface area is 122 Å². The molecule has 1 unspecified atom stereocenters. The van der Waals surface area contributed by atoms with Crippen molar-refractivity contribution in [3.05, 3.63) is 29.6 Å². The van der Waals surface area contributed by atoms with Crippen LogP contribution in [-0.2, 0) is 4.79 Å². The van der Waals surface area contributed by atoms with Crippen LogP contribution in [0.1, 0.15) is 36.5 Å². The third-order valence-electron chi connectivity index (χ3n) is 3.53. The molecule has 0 bridgehead atoms. The molecule has 1 aliphatic rings. The van der Waals surface area contributed by atoms with E-state index < -0.39 is 11.8 Å². The third-order valence-corrected chi connectivity index (χ3v) is 3.53. The molecule has 21 heavy (non-hydrogen) atoms. The Kier molecular flexibility index (Phi) is 4.77. The highest BCUT2D eigenvalue weighted by Gasteiger charge is 2.32. The molecule has 1 aromatic carbocycles. The van der Waals surface area contributed by atoms with Crippen LogP contribution in [0, 0.1) is 5.82 Å². The normalized spacial score (nSPS) is 17.8. The fourth-order valence-corrected chi connectivity index (χ4v) is 2.64. The van der Waals surface area contributed by atoms with Crippen molar-refractivity contribution >= 4 is 11.9 Å². The van der Waals surface area contributed by atoms with Gasteiger partial charge in [-0.2, -0.15) is 0 Å². The maximum atomic E-state index is 13.8. The maximum absolute atomic E-state index is 13.8. The van der Waals surface area contributed by atoms with Crippen LogP contribution in [0.2, 0.25) is 0 Å². The lowest BCUT2D eigenvalue weighted by molar-refractivity contribution is -0.137. The van der Waals surface area contributed by atoms with Gasteiger partial charge in [-0.05, 0) is 31.9 Å². The number of hydrogen-bond donors (Lipinski definition) is 1. The number of benzene rings is 1. The Morgan fingerprint density at radius 2 is 2.24 bits per heavy atom. The summed E-state index contributed by atoms with van der Waals surface area (Å²) in [6.45, 7) is 2.45. The molecule has 1 aromatic rings. The van der Waals surface area contributed by atoms with Gasteiger partial charge in [0, 0.05) is 12.6 Å². The summed E-state index contributed by atoms with van der Waals surface area (Å²) in [4.78, 5) is 24.9. The number of halogens is 1. The highest BCUT2D eigenvalue weighted by molar-refractivity contribution is 5.97. The van der Waals surface area contributed by atoms with Crippen LogP contribution in [-0.4, -0.2) is 41.1 Å². The Morgan fingerprint density at radius 1 is 1.48 bits per heavy atom. The van der Waals surface area contributed by atoms with E-state index in [-0.39, 0.29) is 36.3 Å². The van der Waals surface area contributed by atoms with Gasteiger partial charge in [0.15, 0.2) is 11.6 Å². The van der Waals surface area contributed by atoms with E-state index in [1.54, 1.807) is 6.92 Å². The SMILES string of the molecule is CCOc1c(F)cccc1C(=O)N1CCCC1CC(=O)O. The first-order chi connectivity index (χ1) is 10.0. The van der Waals surface area contributed by atoms with Crippen molar-refractivity contribution in [2.45, 2.75) is 32.2 Å². The van der Waals surface area contributed by atoms with Gasteiger partial charge >= 0.3 is 5.97 Å². The molecule has 0 aliphatic carbocycles. The standard InChI is InChI=1S/C15H18FNO4/c1-2-21-14-11(6-3-7-12(14)16)15(20)17-8-4-5-10(17)9-13(18)19/h3,6-7,10H,2,4-5,8-9H2,1H3,(H,18,19). The van der Waals surface area contributed by atoms with E-state index in [2.05, 4.69) is 0 Å². The lowest BCUT2D eigenvalue weighted by atomic mass is 10.1. The second-order valence-electron chi connectivity index (χ2n) is 4.94. The van der Waals surface area contributed by atoms with Crippen molar-refractivity contribution in [1.29, 1.82) is 0 Å². The predicted octanol–water partition coefficient (Wildman–Crippen LogP) is 2.30. The summed E-state index contributed by atoms with van der Waals surface area (Å²) in [5.74, 6) is -1.96. The average molecular weight is 295 g/mol. The van der Waals surface area contributed by atoms with E-state index in [9.17, 15) is 14.0 Å². The van der Waals surface area contributed by atoms with E-state index in [4.69, 9.17) is 9.84 Å². The highest BCUT2D eigenvalue weighted by Crippen LogP contribution is 2.28. The van der Waals surface area contributed by atoms with Crippen LogP contribution in [0.25, 0.3) is 0 Å². The minimum atomic E-state index is -0.941. The average Bonchev–Trinajstić information content (AvgIpc) is 2.87.